The molecule has 15 heavy (non-hydrogen) atoms. The summed E-state index contributed by atoms with van der Waals surface area (Å²) in [7, 11) is -3.02. The quantitative estimate of drug-likeness (QED) is 0.661. The Morgan fingerprint density at radius 1 is 1.13 bits per heavy atom. The molecule has 5 nitrogen and oxygen atoms in total. The van der Waals surface area contributed by atoms with E-state index in [4.69, 9.17) is 0 Å². The van der Waals surface area contributed by atoms with Crippen LogP contribution in [0.15, 0.2) is 0 Å². The van der Waals surface area contributed by atoms with E-state index in [1.165, 1.54) is 0 Å². The molecule has 1 radical (unpaired) electrons. The van der Waals surface area contributed by atoms with Gasteiger partial charge in [0, 0.05) is 32.7 Å². The fraction of sp³-hybridized carbons (Fsp3) is 1.00. The van der Waals surface area contributed by atoms with Crippen LogP contribution in [-0.4, -0.2) is 62.7 Å². The number of rotatable bonds is 5. The van der Waals surface area contributed by atoms with Crippen LogP contribution >= 0.6 is 0 Å². The Morgan fingerprint density at radius 3 is 2.20 bits per heavy atom. The first-order valence-corrected chi connectivity index (χ1v) is 6.99. The fourth-order valence-electron chi connectivity index (χ4n) is 1.70. The molecule has 0 spiro atoms. The number of hydrogen-bond donors (Lipinski definition) is 0. The van der Waals surface area contributed by atoms with Crippen LogP contribution in [-0.2, 0) is 15.1 Å². The Balaban J connectivity index is 2.36. The Labute approximate surface area is 91.7 Å². The van der Waals surface area contributed by atoms with Crippen LogP contribution in [0.2, 0.25) is 0 Å². The molecule has 0 aromatic heterocycles. The van der Waals surface area contributed by atoms with Crippen molar-refractivity contribution in [1.29, 1.82) is 0 Å². The van der Waals surface area contributed by atoms with Gasteiger partial charge in [0.1, 0.15) is 0 Å². The summed E-state index contributed by atoms with van der Waals surface area (Å²) < 4.78 is 24.6. The molecule has 1 aliphatic heterocycles. The van der Waals surface area contributed by atoms with Crippen LogP contribution < -0.4 is 0 Å². The van der Waals surface area contributed by atoms with Crippen molar-refractivity contribution in [1.82, 2.24) is 9.21 Å². The van der Waals surface area contributed by atoms with Crippen LogP contribution in [0.5, 0.6) is 0 Å². The maximum atomic E-state index is 11.5. The minimum Gasteiger partial charge on any atom is -0.301 e. The number of nitrogens with zero attached hydrogens (tertiary/aromatic N) is 2. The van der Waals surface area contributed by atoms with E-state index in [1.807, 2.05) is 0 Å². The lowest BCUT2D eigenvalue weighted by atomic mass is 10.3. The van der Waals surface area contributed by atoms with Gasteiger partial charge in [-0.05, 0) is 13.3 Å². The predicted octanol–water partition coefficient (Wildman–Crippen LogP) is -0.226. The zero-order chi connectivity index (χ0) is 11.3. The molecule has 1 aliphatic rings. The van der Waals surface area contributed by atoms with Gasteiger partial charge in [-0.3, -0.25) is 0 Å². The summed E-state index contributed by atoms with van der Waals surface area (Å²) in [5.41, 5.74) is 0. The van der Waals surface area contributed by atoms with E-state index in [1.54, 1.807) is 11.2 Å². The van der Waals surface area contributed by atoms with Gasteiger partial charge in [0.25, 0.3) is 0 Å². The molecule has 1 rings (SSSR count). The summed E-state index contributed by atoms with van der Waals surface area (Å²) >= 11 is 0. The SMILES string of the molecule is CCS(=O)(=O)N1CCN(CCC[O])CC1. The molecule has 0 atom stereocenters. The molecule has 1 fully saturated rings. The van der Waals surface area contributed by atoms with Crippen molar-refractivity contribution in [3.8, 4) is 0 Å². The minimum absolute atomic E-state index is 0.0481. The van der Waals surface area contributed by atoms with Crippen molar-refractivity contribution < 1.29 is 13.5 Å². The topological polar surface area (TPSA) is 60.5 Å². The Morgan fingerprint density at radius 2 is 1.73 bits per heavy atom. The van der Waals surface area contributed by atoms with E-state index in [0.29, 0.717) is 19.5 Å². The second kappa shape index (κ2) is 5.79. The molecule has 0 amide bonds. The highest BCUT2D eigenvalue weighted by Gasteiger charge is 2.24. The predicted molar refractivity (Wildman–Crippen MR) is 57.6 cm³/mol. The average molecular weight is 235 g/mol. The Kier molecular flexibility index (Phi) is 4.98. The molecular formula is C9H19N2O3S. The van der Waals surface area contributed by atoms with Crippen LogP contribution in [0.3, 0.4) is 0 Å². The zero-order valence-electron chi connectivity index (χ0n) is 9.18. The average Bonchev–Trinajstić information content (AvgIpc) is 2.27. The summed E-state index contributed by atoms with van der Waals surface area (Å²) in [5.74, 6) is 0.174. The van der Waals surface area contributed by atoms with E-state index in [2.05, 4.69) is 4.90 Å². The molecule has 0 aromatic carbocycles. The van der Waals surface area contributed by atoms with Gasteiger partial charge in [0.15, 0.2) is 0 Å². The summed E-state index contributed by atoms with van der Waals surface area (Å²) in [6.45, 7) is 5.04. The highest BCUT2D eigenvalue weighted by Crippen LogP contribution is 2.07. The van der Waals surface area contributed by atoms with Crippen molar-refractivity contribution in [2.75, 3.05) is 45.1 Å². The first-order valence-electron chi connectivity index (χ1n) is 5.38. The van der Waals surface area contributed by atoms with Gasteiger partial charge in [-0.2, -0.15) is 4.31 Å². The molecule has 0 aliphatic carbocycles. The maximum Gasteiger partial charge on any atom is 0.213 e. The summed E-state index contributed by atoms with van der Waals surface area (Å²) in [6, 6.07) is 0. The van der Waals surface area contributed by atoms with Gasteiger partial charge < -0.3 is 4.90 Å². The van der Waals surface area contributed by atoms with Crippen molar-refractivity contribution >= 4 is 10.0 Å². The van der Waals surface area contributed by atoms with Crippen molar-refractivity contribution in [2.24, 2.45) is 0 Å². The highest BCUT2D eigenvalue weighted by molar-refractivity contribution is 7.89. The van der Waals surface area contributed by atoms with Crippen LogP contribution in [0, 0.1) is 0 Å². The van der Waals surface area contributed by atoms with Gasteiger partial charge in [0.2, 0.25) is 10.0 Å². The standard InChI is InChI=1S/C9H19N2O3S/c1-2-15(13,14)11-7-5-10(6-8-11)4-3-9-12/h2-9H2,1H3. The second-order valence-corrected chi connectivity index (χ2v) is 5.96. The summed E-state index contributed by atoms with van der Waals surface area (Å²) in [4.78, 5) is 2.15. The number of piperazine rings is 1. The van der Waals surface area contributed by atoms with Crippen LogP contribution in [0.25, 0.3) is 0 Å². The van der Waals surface area contributed by atoms with E-state index in [-0.39, 0.29) is 12.4 Å². The third-order valence-electron chi connectivity index (χ3n) is 2.71. The molecule has 0 saturated carbocycles. The van der Waals surface area contributed by atoms with E-state index < -0.39 is 10.0 Å². The molecule has 0 aromatic rings. The van der Waals surface area contributed by atoms with Gasteiger partial charge in [-0.1, -0.05) is 0 Å². The Bertz CT molecular complexity index is 271. The normalized spacial score (nSPS) is 20.7. The highest BCUT2D eigenvalue weighted by atomic mass is 32.2. The van der Waals surface area contributed by atoms with Crippen molar-refractivity contribution in [2.45, 2.75) is 13.3 Å². The first kappa shape index (κ1) is 12.9. The molecular weight excluding hydrogens is 216 g/mol. The van der Waals surface area contributed by atoms with E-state index >= 15 is 0 Å². The lowest BCUT2D eigenvalue weighted by Gasteiger charge is -2.33. The van der Waals surface area contributed by atoms with Gasteiger partial charge >= 0.3 is 0 Å². The van der Waals surface area contributed by atoms with Crippen molar-refractivity contribution in [3.63, 3.8) is 0 Å². The van der Waals surface area contributed by atoms with Gasteiger partial charge in [0.05, 0.1) is 12.4 Å². The largest absolute Gasteiger partial charge is 0.301 e. The van der Waals surface area contributed by atoms with E-state index in [0.717, 1.165) is 19.6 Å². The number of hydrogen-bond acceptors (Lipinski definition) is 3. The first-order chi connectivity index (χ1) is 7.10. The molecule has 89 valence electrons. The molecule has 1 saturated heterocycles. The Hall–Kier alpha value is -0.170. The molecule has 6 heteroatoms. The number of sulfonamides is 1. The molecule has 0 N–H and O–H groups in total. The lowest BCUT2D eigenvalue weighted by Crippen LogP contribution is -2.49. The third-order valence-corrected chi connectivity index (χ3v) is 4.59. The maximum absolute atomic E-state index is 11.5. The monoisotopic (exact) mass is 235 g/mol. The molecule has 0 unspecified atom stereocenters. The molecule has 0 bridgehead atoms. The smallest absolute Gasteiger partial charge is 0.213 e. The zero-order valence-corrected chi connectivity index (χ0v) is 10.0. The second-order valence-electron chi connectivity index (χ2n) is 3.70. The molecule has 1 heterocycles. The van der Waals surface area contributed by atoms with Crippen LogP contribution in [0.1, 0.15) is 13.3 Å². The minimum atomic E-state index is -3.02. The third kappa shape index (κ3) is 3.71. The van der Waals surface area contributed by atoms with Crippen LogP contribution in [0.4, 0.5) is 0 Å². The van der Waals surface area contributed by atoms with Gasteiger partial charge in [-0.15, -0.1) is 0 Å². The fourth-order valence-corrected chi connectivity index (χ4v) is 2.79. The van der Waals surface area contributed by atoms with Crippen molar-refractivity contribution in [3.05, 3.63) is 0 Å². The van der Waals surface area contributed by atoms with Gasteiger partial charge in [-0.25, -0.2) is 13.5 Å². The lowest BCUT2D eigenvalue weighted by molar-refractivity contribution is 0.144. The summed E-state index contributed by atoms with van der Waals surface area (Å²) in [5, 5.41) is 10.3. The summed E-state index contributed by atoms with van der Waals surface area (Å²) in [6.07, 6.45) is 0.653. The van der Waals surface area contributed by atoms with E-state index in [9.17, 15) is 13.5 Å².